The average molecular weight is 695 g/mol. The van der Waals surface area contributed by atoms with Crippen molar-refractivity contribution in [3.8, 4) is 0 Å². The molecule has 3 saturated heterocycles. The van der Waals surface area contributed by atoms with Gasteiger partial charge >= 0.3 is 5.97 Å². The molecule has 0 aromatic heterocycles. The Morgan fingerprint density at radius 1 is 1.11 bits per heavy atom. The summed E-state index contributed by atoms with van der Waals surface area (Å²) in [6, 6.07) is 15.5. The van der Waals surface area contributed by atoms with Gasteiger partial charge < -0.3 is 29.3 Å². The molecule has 3 heterocycles. The number of aliphatic hydroxyl groups is 1. The number of halogens is 1. The molecule has 3 aliphatic heterocycles. The van der Waals surface area contributed by atoms with Gasteiger partial charge in [0.25, 0.3) is 5.91 Å². The minimum atomic E-state index is -1.29. The van der Waals surface area contributed by atoms with Crippen LogP contribution in [-0.4, -0.2) is 89.3 Å². The number of hydrogen-bond acceptors (Lipinski definition) is 7. The lowest BCUT2D eigenvalue weighted by molar-refractivity contribution is -0.155. The Morgan fingerprint density at radius 3 is 2.39 bits per heavy atom. The number of nitrogens with zero attached hydrogens (tertiary/aromatic N) is 3. The number of hydrogen-bond donors (Lipinski definition) is 1. The number of esters is 1. The molecule has 2 aromatic carbocycles. The van der Waals surface area contributed by atoms with E-state index in [9.17, 15) is 19.5 Å². The number of alkyl halides is 1. The van der Waals surface area contributed by atoms with E-state index in [4.69, 9.17) is 9.47 Å². The SMILES string of the molecule is C=CCCOC(=O)[C@H]1[C@@H]2OC3(CC2Br)C(C(=O)N(CC=C)c2ccc(N(CC)CC)cc2)N([C@@H](CO)Cc2ccccc2)C(=O)[C@H]13. The number of likely N-dealkylation sites (tertiary alicyclic amines) is 1. The van der Waals surface area contributed by atoms with Gasteiger partial charge in [-0.2, -0.15) is 0 Å². The van der Waals surface area contributed by atoms with E-state index in [0.29, 0.717) is 24.9 Å². The van der Waals surface area contributed by atoms with Crippen LogP contribution in [0.4, 0.5) is 11.4 Å². The standard InChI is InChI=1S/C36H44BrN3O6/c1-5-9-20-45-35(44)29-30-33(42)40(27(23-41)21-24-13-11-10-12-14-24)32(36(30)22-28(37)31(29)46-36)34(43)39(19-6-2)26-17-15-25(16-18-26)38(7-3)8-4/h5-6,10-18,27-32,41H,1-2,7-9,19-23H2,3-4H3/t27-,28?,29-,30+,31-,32?,36?/m1/s1. The summed E-state index contributed by atoms with van der Waals surface area (Å²) < 4.78 is 12.3. The Labute approximate surface area is 280 Å². The fraction of sp³-hybridized carbons (Fsp3) is 0.472. The van der Waals surface area contributed by atoms with Crippen LogP contribution in [0.5, 0.6) is 0 Å². The predicted molar refractivity (Wildman–Crippen MR) is 182 cm³/mol. The fourth-order valence-electron chi connectivity index (χ4n) is 7.52. The first kappa shape index (κ1) is 33.9. The molecule has 3 fully saturated rings. The van der Waals surface area contributed by atoms with Crippen LogP contribution in [0.15, 0.2) is 79.9 Å². The molecule has 246 valence electrons. The average Bonchev–Trinajstić information content (AvgIpc) is 3.67. The lowest BCUT2D eigenvalue weighted by Gasteiger charge is -2.39. The minimum absolute atomic E-state index is 0.141. The van der Waals surface area contributed by atoms with Gasteiger partial charge in [0, 0.05) is 35.8 Å². The summed E-state index contributed by atoms with van der Waals surface area (Å²) in [4.78, 5) is 48.2. The van der Waals surface area contributed by atoms with E-state index in [2.05, 4.69) is 47.8 Å². The topological polar surface area (TPSA) is 99.6 Å². The Balaban J connectivity index is 1.58. The Kier molecular flexibility index (Phi) is 10.7. The molecule has 9 nitrogen and oxygen atoms in total. The molecular formula is C36H44BrN3O6. The van der Waals surface area contributed by atoms with Crippen LogP contribution in [0.1, 0.15) is 32.3 Å². The van der Waals surface area contributed by atoms with Gasteiger partial charge in [-0.15, -0.1) is 13.2 Å². The van der Waals surface area contributed by atoms with Crippen molar-refractivity contribution in [1.29, 1.82) is 0 Å². The highest BCUT2D eigenvalue weighted by Gasteiger charge is 2.77. The number of fused-ring (bicyclic) bond motifs is 1. The molecule has 0 aliphatic carbocycles. The molecule has 2 amide bonds. The summed E-state index contributed by atoms with van der Waals surface area (Å²) >= 11 is 3.72. The van der Waals surface area contributed by atoms with Crippen LogP contribution in [0, 0.1) is 11.8 Å². The number of amides is 2. The van der Waals surface area contributed by atoms with Crippen molar-refractivity contribution < 1.29 is 29.0 Å². The zero-order valence-corrected chi connectivity index (χ0v) is 28.2. The number of ether oxygens (including phenoxy) is 2. The smallest absolute Gasteiger partial charge is 0.312 e. The summed E-state index contributed by atoms with van der Waals surface area (Å²) in [6.45, 7) is 13.5. The lowest BCUT2D eigenvalue weighted by atomic mass is 9.70. The van der Waals surface area contributed by atoms with E-state index in [1.54, 1.807) is 17.1 Å². The largest absolute Gasteiger partial charge is 0.465 e. The zero-order chi connectivity index (χ0) is 33.0. The van der Waals surface area contributed by atoms with Gasteiger partial charge in [0.05, 0.1) is 37.2 Å². The molecule has 3 aliphatic rings. The van der Waals surface area contributed by atoms with Gasteiger partial charge in [-0.25, -0.2) is 0 Å². The summed E-state index contributed by atoms with van der Waals surface area (Å²) in [5.41, 5.74) is 1.31. The summed E-state index contributed by atoms with van der Waals surface area (Å²) in [5, 5.41) is 10.8. The molecule has 2 bridgehead atoms. The highest BCUT2D eigenvalue weighted by atomic mass is 79.9. The second kappa shape index (κ2) is 14.5. The summed E-state index contributed by atoms with van der Waals surface area (Å²) in [6.07, 6.45) is 3.83. The van der Waals surface area contributed by atoms with Crippen molar-refractivity contribution in [3.05, 3.63) is 85.5 Å². The zero-order valence-electron chi connectivity index (χ0n) is 26.6. The number of carbonyl (C=O) groups is 3. The molecule has 1 N–H and O–H groups in total. The molecule has 7 atom stereocenters. The molecule has 5 rings (SSSR count). The molecule has 46 heavy (non-hydrogen) atoms. The second-order valence-corrected chi connectivity index (χ2v) is 13.3. The van der Waals surface area contributed by atoms with Crippen molar-refractivity contribution >= 4 is 45.1 Å². The van der Waals surface area contributed by atoms with Gasteiger partial charge in [-0.3, -0.25) is 14.4 Å². The van der Waals surface area contributed by atoms with Crippen molar-refractivity contribution in [3.63, 3.8) is 0 Å². The molecule has 3 unspecified atom stereocenters. The second-order valence-electron chi connectivity index (χ2n) is 12.1. The third-order valence-corrected chi connectivity index (χ3v) is 10.4. The van der Waals surface area contributed by atoms with Crippen molar-refractivity contribution in [2.24, 2.45) is 11.8 Å². The van der Waals surface area contributed by atoms with Crippen LogP contribution >= 0.6 is 15.9 Å². The maximum absolute atomic E-state index is 15.0. The number of benzene rings is 2. The van der Waals surface area contributed by atoms with E-state index >= 15 is 0 Å². The maximum atomic E-state index is 15.0. The first-order valence-corrected chi connectivity index (χ1v) is 17.0. The van der Waals surface area contributed by atoms with Gasteiger partial charge in [-0.1, -0.05) is 58.4 Å². The van der Waals surface area contributed by atoms with Gasteiger partial charge in [-0.05, 0) is 62.9 Å². The Morgan fingerprint density at radius 2 is 1.78 bits per heavy atom. The quantitative estimate of drug-likeness (QED) is 0.127. The molecule has 10 heteroatoms. The van der Waals surface area contributed by atoms with Crippen molar-refractivity contribution in [2.45, 2.75) is 61.7 Å². The molecule has 0 saturated carbocycles. The van der Waals surface area contributed by atoms with Crippen molar-refractivity contribution in [2.75, 3.05) is 42.6 Å². The predicted octanol–water partition coefficient (Wildman–Crippen LogP) is 4.52. The molecule has 0 radical (unpaired) electrons. The van der Waals surface area contributed by atoms with E-state index in [1.165, 1.54) is 4.90 Å². The van der Waals surface area contributed by atoms with Crippen LogP contribution < -0.4 is 9.80 Å². The van der Waals surface area contributed by atoms with Gasteiger partial charge in [0.2, 0.25) is 5.91 Å². The van der Waals surface area contributed by atoms with E-state index in [-0.39, 0.29) is 36.4 Å². The van der Waals surface area contributed by atoms with Crippen LogP contribution in [0.25, 0.3) is 0 Å². The van der Waals surface area contributed by atoms with E-state index in [0.717, 1.165) is 24.3 Å². The van der Waals surface area contributed by atoms with Gasteiger partial charge in [0.1, 0.15) is 11.6 Å². The monoisotopic (exact) mass is 693 g/mol. The third kappa shape index (κ3) is 6.02. The summed E-state index contributed by atoms with van der Waals surface area (Å²) in [5.74, 6) is -3.08. The summed E-state index contributed by atoms with van der Waals surface area (Å²) in [7, 11) is 0. The Hall–Kier alpha value is -3.47. The fourth-order valence-corrected chi connectivity index (χ4v) is 8.46. The van der Waals surface area contributed by atoms with Crippen LogP contribution in [0.2, 0.25) is 0 Å². The highest BCUT2D eigenvalue weighted by molar-refractivity contribution is 9.09. The van der Waals surface area contributed by atoms with E-state index in [1.807, 2.05) is 54.6 Å². The number of rotatable bonds is 15. The lowest BCUT2D eigenvalue weighted by Crippen LogP contribution is -2.59. The number of carbonyl (C=O) groups excluding carboxylic acids is 3. The first-order valence-electron chi connectivity index (χ1n) is 16.1. The van der Waals surface area contributed by atoms with Crippen molar-refractivity contribution in [1.82, 2.24) is 4.90 Å². The van der Waals surface area contributed by atoms with Crippen LogP contribution in [-0.2, 0) is 30.3 Å². The minimum Gasteiger partial charge on any atom is -0.465 e. The maximum Gasteiger partial charge on any atom is 0.312 e. The van der Waals surface area contributed by atoms with E-state index < -0.39 is 41.6 Å². The number of aliphatic hydroxyl groups excluding tert-OH is 1. The van der Waals surface area contributed by atoms with Crippen LogP contribution in [0.3, 0.4) is 0 Å². The third-order valence-electron chi connectivity index (χ3n) is 9.59. The highest BCUT2D eigenvalue weighted by Crippen LogP contribution is 2.61. The molecule has 2 aromatic rings. The molecule has 1 spiro atoms. The Bertz CT molecular complexity index is 1420. The molecular weight excluding hydrogens is 650 g/mol. The van der Waals surface area contributed by atoms with Gasteiger partial charge in [0.15, 0.2) is 0 Å². The number of anilines is 2. The normalized spacial score (nSPS) is 26.8. The first-order chi connectivity index (χ1) is 22.3.